The summed E-state index contributed by atoms with van der Waals surface area (Å²) in [5, 5.41) is 17.6. The summed E-state index contributed by atoms with van der Waals surface area (Å²) >= 11 is 0. The summed E-state index contributed by atoms with van der Waals surface area (Å²) in [5.41, 5.74) is 0.659. The predicted molar refractivity (Wildman–Crippen MR) is 67.8 cm³/mol. The van der Waals surface area contributed by atoms with Gasteiger partial charge in [0, 0.05) is 37.8 Å². The number of nitriles is 1. The zero-order valence-electron chi connectivity index (χ0n) is 10.4. The Kier molecular flexibility index (Phi) is 2.56. The van der Waals surface area contributed by atoms with Gasteiger partial charge >= 0.3 is 6.09 Å². The van der Waals surface area contributed by atoms with Crippen LogP contribution in [0.25, 0.3) is 0 Å². The monoisotopic (exact) mass is 258 g/mol. The second-order valence-corrected chi connectivity index (χ2v) is 5.33. The molecule has 2 aliphatic rings. The number of hydrogen-bond acceptors (Lipinski definition) is 4. The molecule has 2 aliphatic heterocycles. The summed E-state index contributed by atoms with van der Waals surface area (Å²) in [6.45, 7) is 2.98. The first kappa shape index (κ1) is 11.8. The highest BCUT2D eigenvalue weighted by molar-refractivity contribution is 5.66. The number of nitrogens with zero attached hydrogens (tertiary/aromatic N) is 4. The molecule has 0 atom stereocenters. The largest absolute Gasteiger partial charge is 0.465 e. The molecule has 1 spiro atoms. The van der Waals surface area contributed by atoms with Gasteiger partial charge in [-0.15, -0.1) is 0 Å². The van der Waals surface area contributed by atoms with Crippen LogP contribution in [0.1, 0.15) is 12.0 Å². The van der Waals surface area contributed by atoms with E-state index in [1.54, 1.807) is 12.3 Å². The van der Waals surface area contributed by atoms with Crippen molar-refractivity contribution in [2.75, 3.05) is 31.1 Å². The molecular formula is C13H14N4O2. The van der Waals surface area contributed by atoms with Crippen LogP contribution >= 0.6 is 0 Å². The fraction of sp³-hybridized carbons (Fsp3) is 0.462. The summed E-state index contributed by atoms with van der Waals surface area (Å²) in [6.07, 6.45) is 1.74. The second-order valence-electron chi connectivity index (χ2n) is 5.33. The highest BCUT2D eigenvalue weighted by Gasteiger charge is 2.49. The molecule has 0 saturated carbocycles. The van der Waals surface area contributed by atoms with E-state index in [9.17, 15) is 4.79 Å². The van der Waals surface area contributed by atoms with Crippen molar-refractivity contribution in [2.24, 2.45) is 5.41 Å². The van der Waals surface area contributed by atoms with Crippen molar-refractivity contribution in [3.8, 4) is 6.07 Å². The Labute approximate surface area is 110 Å². The Morgan fingerprint density at radius 3 is 2.79 bits per heavy atom. The van der Waals surface area contributed by atoms with Crippen molar-refractivity contribution in [2.45, 2.75) is 6.42 Å². The van der Waals surface area contributed by atoms with Gasteiger partial charge in [-0.1, -0.05) is 0 Å². The van der Waals surface area contributed by atoms with Crippen LogP contribution in [-0.4, -0.2) is 47.3 Å². The summed E-state index contributed by atoms with van der Waals surface area (Å²) < 4.78 is 0. The number of aromatic nitrogens is 1. The average molecular weight is 258 g/mol. The number of rotatable bonds is 1. The number of carboxylic acid groups (broad SMARTS) is 1. The van der Waals surface area contributed by atoms with Gasteiger partial charge in [-0.25, -0.2) is 9.78 Å². The summed E-state index contributed by atoms with van der Waals surface area (Å²) in [6, 6.07) is 5.66. The minimum absolute atomic E-state index is 0.105. The standard InChI is InChI=1S/C13H14N4O2/c14-5-10-1-2-11(15-6-10)16-4-3-13(7-16)8-17(9-13)12(18)19/h1-2,6H,3-4,7-9H2,(H,18,19). The Morgan fingerprint density at radius 1 is 1.42 bits per heavy atom. The topological polar surface area (TPSA) is 80.5 Å². The van der Waals surface area contributed by atoms with E-state index < -0.39 is 6.09 Å². The van der Waals surface area contributed by atoms with Gasteiger partial charge in [0.05, 0.1) is 5.56 Å². The third kappa shape index (κ3) is 1.97. The number of likely N-dealkylation sites (tertiary alicyclic amines) is 1. The summed E-state index contributed by atoms with van der Waals surface area (Å²) in [7, 11) is 0. The van der Waals surface area contributed by atoms with Crippen molar-refractivity contribution in [3.05, 3.63) is 23.9 Å². The molecule has 1 aromatic heterocycles. The lowest BCUT2D eigenvalue weighted by Gasteiger charge is -2.46. The molecule has 6 heteroatoms. The molecule has 0 bridgehead atoms. The van der Waals surface area contributed by atoms with Gasteiger partial charge in [0.15, 0.2) is 0 Å². The Morgan fingerprint density at radius 2 is 2.21 bits per heavy atom. The lowest BCUT2D eigenvalue weighted by Crippen LogP contribution is -2.59. The quantitative estimate of drug-likeness (QED) is 0.817. The molecule has 98 valence electrons. The number of hydrogen-bond donors (Lipinski definition) is 1. The Hall–Kier alpha value is -2.29. The van der Waals surface area contributed by atoms with E-state index >= 15 is 0 Å². The summed E-state index contributed by atoms with van der Waals surface area (Å²) in [4.78, 5) is 18.7. The van der Waals surface area contributed by atoms with Crippen LogP contribution < -0.4 is 4.90 Å². The third-order valence-corrected chi connectivity index (χ3v) is 3.96. The van der Waals surface area contributed by atoms with E-state index in [4.69, 9.17) is 10.4 Å². The smallest absolute Gasteiger partial charge is 0.407 e. The molecule has 0 aliphatic carbocycles. The van der Waals surface area contributed by atoms with E-state index in [2.05, 4.69) is 9.88 Å². The first-order chi connectivity index (χ1) is 9.12. The van der Waals surface area contributed by atoms with Crippen LogP contribution in [0.5, 0.6) is 0 Å². The zero-order chi connectivity index (χ0) is 13.5. The van der Waals surface area contributed by atoms with Crippen LogP contribution in [0, 0.1) is 16.7 Å². The molecule has 0 unspecified atom stereocenters. The Bertz CT molecular complexity index is 543. The SMILES string of the molecule is N#Cc1ccc(N2CCC3(CN(C(=O)O)C3)C2)nc1. The number of carbonyl (C=O) groups is 1. The van der Waals surface area contributed by atoms with E-state index in [1.807, 2.05) is 12.1 Å². The molecule has 6 nitrogen and oxygen atoms in total. The highest BCUT2D eigenvalue weighted by atomic mass is 16.4. The van der Waals surface area contributed by atoms with Gasteiger partial charge in [0.2, 0.25) is 0 Å². The van der Waals surface area contributed by atoms with Crippen LogP contribution in [-0.2, 0) is 0 Å². The minimum Gasteiger partial charge on any atom is -0.465 e. The van der Waals surface area contributed by atoms with Crippen LogP contribution in [0.2, 0.25) is 0 Å². The van der Waals surface area contributed by atoms with Crippen molar-refractivity contribution < 1.29 is 9.90 Å². The lowest BCUT2D eigenvalue weighted by atomic mass is 9.79. The fourth-order valence-corrected chi connectivity index (χ4v) is 2.93. The number of pyridine rings is 1. The maximum Gasteiger partial charge on any atom is 0.407 e. The van der Waals surface area contributed by atoms with E-state index in [0.29, 0.717) is 18.7 Å². The molecule has 2 saturated heterocycles. The number of anilines is 1. The maximum absolute atomic E-state index is 10.8. The molecule has 0 radical (unpaired) electrons. The average Bonchev–Trinajstić information content (AvgIpc) is 2.82. The highest BCUT2D eigenvalue weighted by Crippen LogP contribution is 2.40. The first-order valence-electron chi connectivity index (χ1n) is 6.21. The molecule has 0 aromatic carbocycles. The molecule has 1 aromatic rings. The zero-order valence-corrected chi connectivity index (χ0v) is 10.4. The lowest BCUT2D eigenvalue weighted by molar-refractivity contribution is 0.0252. The van der Waals surface area contributed by atoms with Crippen molar-refractivity contribution in [1.82, 2.24) is 9.88 Å². The van der Waals surface area contributed by atoms with E-state index in [1.165, 1.54) is 4.90 Å². The van der Waals surface area contributed by atoms with Crippen LogP contribution in [0.15, 0.2) is 18.3 Å². The Balaban J connectivity index is 1.66. The van der Waals surface area contributed by atoms with Gasteiger partial charge in [0.1, 0.15) is 11.9 Å². The first-order valence-corrected chi connectivity index (χ1v) is 6.21. The maximum atomic E-state index is 10.8. The third-order valence-electron chi connectivity index (χ3n) is 3.96. The second kappa shape index (κ2) is 4.12. The molecule has 2 fully saturated rings. The van der Waals surface area contributed by atoms with Gasteiger partial charge < -0.3 is 14.9 Å². The molecule has 19 heavy (non-hydrogen) atoms. The molecule has 1 N–H and O–H groups in total. The number of amides is 1. The predicted octanol–water partition coefficient (Wildman–Crippen LogP) is 1.14. The van der Waals surface area contributed by atoms with Crippen LogP contribution in [0.4, 0.5) is 10.6 Å². The molecule has 1 amide bonds. The van der Waals surface area contributed by atoms with Crippen molar-refractivity contribution in [3.63, 3.8) is 0 Å². The minimum atomic E-state index is -0.833. The van der Waals surface area contributed by atoms with E-state index in [0.717, 1.165) is 25.3 Å². The van der Waals surface area contributed by atoms with Gasteiger partial charge in [-0.05, 0) is 18.6 Å². The van der Waals surface area contributed by atoms with Gasteiger partial charge in [-0.3, -0.25) is 0 Å². The fourth-order valence-electron chi connectivity index (χ4n) is 2.93. The summed E-state index contributed by atoms with van der Waals surface area (Å²) in [5.74, 6) is 0.865. The van der Waals surface area contributed by atoms with Crippen molar-refractivity contribution >= 4 is 11.9 Å². The van der Waals surface area contributed by atoms with Gasteiger partial charge in [-0.2, -0.15) is 5.26 Å². The molecular weight excluding hydrogens is 244 g/mol. The van der Waals surface area contributed by atoms with Crippen molar-refractivity contribution in [1.29, 1.82) is 5.26 Å². The normalized spacial score (nSPS) is 20.2. The van der Waals surface area contributed by atoms with Crippen LogP contribution in [0.3, 0.4) is 0 Å². The van der Waals surface area contributed by atoms with E-state index in [-0.39, 0.29) is 5.41 Å². The molecule has 3 rings (SSSR count). The van der Waals surface area contributed by atoms with Gasteiger partial charge in [0.25, 0.3) is 0 Å². The molecule has 3 heterocycles.